The van der Waals surface area contributed by atoms with Crippen LogP contribution in [0, 0.1) is 17.5 Å². The maximum atomic E-state index is 13.6. The van der Waals surface area contributed by atoms with Gasteiger partial charge in [-0.05, 0) is 43.3 Å². The highest BCUT2D eigenvalue weighted by Gasteiger charge is 2.09. The highest BCUT2D eigenvalue weighted by Crippen LogP contribution is 2.21. The highest BCUT2D eigenvalue weighted by molar-refractivity contribution is 5.94. The maximum Gasteiger partial charge on any atom is 0.165 e. The van der Waals surface area contributed by atoms with Crippen molar-refractivity contribution in [1.29, 1.82) is 0 Å². The van der Waals surface area contributed by atoms with Crippen LogP contribution in [0.1, 0.15) is 22.8 Å². The molecule has 20 heavy (non-hydrogen) atoms. The first kappa shape index (κ1) is 14.1. The zero-order valence-electron chi connectivity index (χ0n) is 10.6. The Labute approximate surface area is 113 Å². The average molecular weight is 280 g/mol. The van der Waals surface area contributed by atoms with Crippen LogP contribution < -0.4 is 4.74 Å². The van der Waals surface area contributed by atoms with Crippen molar-refractivity contribution in [2.45, 2.75) is 13.5 Å². The molecule has 0 radical (unpaired) electrons. The lowest BCUT2D eigenvalue weighted by atomic mass is 10.1. The molecule has 104 valence electrons. The summed E-state index contributed by atoms with van der Waals surface area (Å²) in [5.41, 5.74) is 0.201. The molecule has 2 aromatic carbocycles. The molecule has 0 unspecified atom stereocenters. The Morgan fingerprint density at radius 3 is 2.45 bits per heavy atom. The van der Waals surface area contributed by atoms with Crippen molar-refractivity contribution in [2.75, 3.05) is 0 Å². The second-order valence-electron chi connectivity index (χ2n) is 4.23. The van der Waals surface area contributed by atoms with Gasteiger partial charge >= 0.3 is 0 Å². The number of hydrogen-bond acceptors (Lipinski definition) is 2. The summed E-state index contributed by atoms with van der Waals surface area (Å²) in [5.74, 6) is -2.36. The monoisotopic (exact) mass is 280 g/mol. The van der Waals surface area contributed by atoms with Crippen LogP contribution in [-0.4, -0.2) is 5.78 Å². The molecule has 0 aliphatic heterocycles. The summed E-state index contributed by atoms with van der Waals surface area (Å²) in [6, 6.07) is 6.67. The fraction of sp³-hybridized carbons (Fsp3) is 0.133. The van der Waals surface area contributed by atoms with Crippen molar-refractivity contribution < 1.29 is 22.7 Å². The van der Waals surface area contributed by atoms with Gasteiger partial charge in [0, 0.05) is 11.1 Å². The molecule has 0 fully saturated rings. The predicted molar refractivity (Wildman–Crippen MR) is 67.1 cm³/mol. The van der Waals surface area contributed by atoms with E-state index in [2.05, 4.69) is 0 Å². The highest BCUT2D eigenvalue weighted by atomic mass is 19.1. The van der Waals surface area contributed by atoms with E-state index in [4.69, 9.17) is 4.74 Å². The quantitative estimate of drug-likeness (QED) is 0.794. The summed E-state index contributed by atoms with van der Waals surface area (Å²) in [6.07, 6.45) is 0. The van der Waals surface area contributed by atoms with Crippen LogP contribution >= 0.6 is 0 Å². The summed E-state index contributed by atoms with van der Waals surface area (Å²) in [6.45, 7) is 1.01. The normalized spacial score (nSPS) is 10.4. The average Bonchev–Trinajstić information content (AvgIpc) is 2.40. The van der Waals surface area contributed by atoms with E-state index < -0.39 is 17.5 Å². The second kappa shape index (κ2) is 5.77. The van der Waals surface area contributed by atoms with Crippen LogP contribution in [-0.2, 0) is 6.61 Å². The fourth-order valence-electron chi connectivity index (χ4n) is 1.65. The minimum absolute atomic E-state index is 0.0138. The molecule has 0 saturated carbocycles. The molecule has 2 aromatic rings. The van der Waals surface area contributed by atoms with Crippen LogP contribution in [0.3, 0.4) is 0 Å². The van der Waals surface area contributed by atoms with Crippen LogP contribution in [0.5, 0.6) is 5.75 Å². The number of halogens is 3. The Morgan fingerprint density at radius 2 is 1.80 bits per heavy atom. The van der Waals surface area contributed by atoms with Crippen molar-refractivity contribution >= 4 is 5.78 Å². The number of Topliss-reactive ketones (excluding diaryl/α,β-unsaturated/α-hetero) is 1. The molecule has 5 heteroatoms. The third-order valence-corrected chi connectivity index (χ3v) is 2.73. The largest absolute Gasteiger partial charge is 0.486 e. The van der Waals surface area contributed by atoms with Crippen molar-refractivity contribution in [3.63, 3.8) is 0 Å². The number of ether oxygens (including phenoxy) is 1. The lowest BCUT2D eigenvalue weighted by Crippen LogP contribution is -2.02. The van der Waals surface area contributed by atoms with Gasteiger partial charge < -0.3 is 4.74 Å². The standard InChI is InChI=1S/C15H11F3O2/c1-9(19)10-2-5-15(14(18)7-10)20-8-11-6-12(16)3-4-13(11)17/h2-7H,8H2,1H3. The second-order valence-corrected chi connectivity index (χ2v) is 4.23. The van der Waals surface area contributed by atoms with Gasteiger partial charge in [-0.15, -0.1) is 0 Å². The zero-order chi connectivity index (χ0) is 14.7. The van der Waals surface area contributed by atoms with Gasteiger partial charge in [-0.2, -0.15) is 0 Å². The molecule has 0 aromatic heterocycles. The first-order valence-corrected chi connectivity index (χ1v) is 5.84. The van der Waals surface area contributed by atoms with E-state index in [1.54, 1.807) is 0 Å². The SMILES string of the molecule is CC(=O)c1ccc(OCc2cc(F)ccc2F)c(F)c1. The Hall–Kier alpha value is -2.30. The molecule has 0 saturated heterocycles. The molecule has 0 atom stereocenters. The van der Waals surface area contributed by atoms with E-state index in [1.165, 1.54) is 19.1 Å². The van der Waals surface area contributed by atoms with Gasteiger partial charge in [0.2, 0.25) is 0 Å². The van der Waals surface area contributed by atoms with Crippen molar-refractivity contribution in [3.8, 4) is 5.75 Å². The van der Waals surface area contributed by atoms with E-state index >= 15 is 0 Å². The summed E-state index contributed by atoms with van der Waals surface area (Å²) < 4.78 is 45.1. The van der Waals surface area contributed by atoms with Gasteiger partial charge in [-0.1, -0.05) is 0 Å². The van der Waals surface area contributed by atoms with Gasteiger partial charge in [0.05, 0.1) is 0 Å². The van der Waals surface area contributed by atoms with Gasteiger partial charge in [0.25, 0.3) is 0 Å². The summed E-state index contributed by atoms with van der Waals surface area (Å²) >= 11 is 0. The number of carbonyl (C=O) groups excluding carboxylic acids is 1. The van der Waals surface area contributed by atoms with Gasteiger partial charge in [-0.25, -0.2) is 13.2 Å². The first-order chi connectivity index (χ1) is 9.47. The van der Waals surface area contributed by atoms with Crippen molar-refractivity contribution in [2.24, 2.45) is 0 Å². The molecule has 2 rings (SSSR count). The van der Waals surface area contributed by atoms with Crippen LogP contribution in [0.2, 0.25) is 0 Å². The molecule has 0 bridgehead atoms. The first-order valence-electron chi connectivity index (χ1n) is 5.84. The molecule has 0 amide bonds. The number of carbonyl (C=O) groups is 1. The van der Waals surface area contributed by atoms with Gasteiger partial charge in [-0.3, -0.25) is 4.79 Å². The van der Waals surface area contributed by atoms with Gasteiger partial charge in [0.1, 0.15) is 18.2 Å². The van der Waals surface area contributed by atoms with E-state index in [1.807, 2.05) is 0 Å². The molecule has 0 N–H and O–H groups in total. The zero-order valence-corrected chi connectivity index (χ0v) is 10.6. The third-order valence-electron chi connectivity index (χ3n) is 2.73. The van der Waals surface area contributed by atoms with Crippen molar-refractivity contribution in [3.05, 3.63) is 65.0 Å². The topological polar surface area (TPSA) is 26.3 Å². The molecule has 0 spiro atoms. The van der Waals surface area contributed by atoms with Gasteiger partial charge in [0.15, 0.2) is 17.3 Å². The molecular weight excluding hydrogens is 269 g/mol. The molecule has 0 aliphatic carbocycles. The Morgan fingerprint density at radius 1 is 1.05 bits per heavy atom. The number of ketones is 1. The summed E-state index contributed by atoms with van der Waals surface area (Å²) in [4.78, 5) is 11.1. The fourth-order valence-corrected chi connectivity index (χ4v) is 1.65. The summed E-state index contributed by atoms with van der Waals surface area (Å²) in [7, 11) is 0. The smallest absolute Gasteiger partial charge is 0.165 e. The van der Waals surface area contributed by atoms with E-state index in [9.17, 15) is 18.0 Å². The molecule has 0 heterocycles. The predicted octanol–water partition coefficient (Wildman–Crippen LogP) is 3.89. The third kappa shape index (κ3) is 3.17. The lowest BCUT2D eigenvalue weighted by molar-refractivity contribution is 0.101. The Bertz CT molecular complexity index is 654. The molecule has 0 aliphatic rings. The van der Waals surface area contributed by atoms with Crippen LogP contribution in [0.15, 0.2) is 36.4 Å². The number of benzene rings is 2. The number of hydrogen-bond donors (Lipinski definition) is 0. The lowest BCUT2D eigenvalue weighted by Gasteiger charge is -2.09. The van der Waals surface area contributed by atoms with E-state index in [-0.39, 0.29) is 29.3 Å². The Balaban J connectivity index is 2.15. The van der Waals surface area contributed by atoms with Crippen molar-refractivity contribution in [1.82, 2.24) is 0 Å². The molecule has 2 nitrogen and oxygen atoms in total. The minimum atomic E-state index is -0.727. The van der Waals surface area contributed by atoms with Crippen LogP contribution in [0.25, 0.3) is 0 Å². The minimum Gasteiger partial charge on any atom is -0.486 e. The van der Waals surface area contributed by atoms with E-state index in [0.717, 1.165) is 24.3 Å². The maximum absolute atomic E-state index is 13.6. The summed E-state index contributed by atoms with van der Waals surface area (Å²) in [5, 5.41) is 0. The Kier molecular flexibility index (Phi) is 4.08. The molecular formula is C15H11F3O2. The number of rotatable bonds is 4. The van der Waals surface area contributed by atoms with E-state index in [0.29, 0.717) is 0 Å². The van der Waals surface area contributed by atoms with Crippen LogP contribution in [0.4, 0.5) is 13.2 Å².